The zero-order valence-electron chi connectivity index (χ0n) is 13.6. The van der Waals surface area contributed by atoms with E-state index in [9.17, 15) is 9.59 Å². The molecule has 0 saturated carbocycles. The third-order valence-corrected chi connectivity index (χ3v) is 3.91. The van der Waals surface area contributed by atoms with Gasteiger partial charge in [-0.05, 0) is 44.0 Å². The molecule has 5 heteroatoms. The Bertz CT molecular complexity index is 728. The van der Waals surface area contributed by atoms with Crippen LogP contribution in [0.15, 0.2) is 24.4 Å². The first-order valence-corrected chi connectivity index (χ1v) is 7.18. The first kappa shape index (κ1) is 16.1. The van der Waals surface area contributed by atoms with Crippen molar-refractivity contribution >= 4 is 17.3 Å². The standard InChI is InChI=1S/C17H21NO4/c1-6-11-9-13-12(7-8-14(21-4)18(13)10-11)15(19)17(2,3)16(20)22-5/h7-10H,6H2,1-5H3. The first-order valence-electron chi connectivity index (χ1n) is 7.18. The molecular weight excluding hydrogens is 282 g/mol. The molecule has 0 unspecified atom stereocenters. The lowest BCUT2D eigenvalue weighted by Gasteiger charge is -2.20. The maximum Gasteiger partial charge on any atom is 0.319 e. The van der Waals surface area contributed by atoms with Crippen LogP contribution in [0.4, 0.5) is 0 Å². The summed E-state index contributed by atoms with van der Waals surface area (Å²) < 4.78 is 11.9. The molecule has 0 aliphatic carbocycles. The van der Waals surface area contributed by atoms with Crippen LogP contribution in [0.25, 0.3) is 5.52 Å². The third kappa shape index (κ3) is 2.47. The minimum atomic E-state index is -1.24. The highest BCUT2D eigenvalue weighted by molar-refractivity contribution is 6.15. The molecule has 0 atom stereocenters. The van der Waals surface area contributed by atoms with Gasteiger partial charge in [0.25, 0.3) is 0 Å². The van der Waals surface area contributed by atoms with E-state index in [1.807, 2.05) is 23.6 Å². The van der Waals surface area contributed by atoms with Gasteiger partial charge >= 0.3 is 5.97 Å². The predicted molar refractivity (Wildman–Crippen MR) is 83.5 cm³/mol. The number of pyridine rings is 1. The number of carbonyl (C=O) groups is 2. The van der Waals surface area contributed by atoms with Crippen molar-refractivity contribution in [2.45, 2.75) is 27.2 Å². The molecule has 0 saturated heterocycles. The summed E-state index contributed by atoms with van der Waals surface area (Å²) in [5.41, 5.74) is 1.07. The monoisotopic (exact) mass is 303 g/mol. The molecule has 0 amide bonds. The van der Waals surface area contributed by atoms with Crippen molar-refractivity contribution in [3.63, 3.8) is 0 Å². The van der Waals surface area contributed by atoms with Crippen LogP contribution in [0, 0.1) is 5.41 Å². The minimum Gasteiger partial charge on any atom is -0.482 e. The lowest BCUT2D eigenvalue weighted by atomic mass is 9.84. The normalized spacial score (nSPS) is 11.5. The molecule has 2 rings (SSSR count). The van der Waals surface area contributed by atoms with Crippen molar-refractivity contribution < 1.29 is 19.1 Å². The van der Waals surface area contributed by atoms with E-state index in [1.165, 1.54) is 7.11 Å². The summed E-state index contributed by atoms with van der Waals surface area (Å²) >= 11 is 0. The third-order valence-electron chi connectivity index (χ3n) is 3.91. The summed E-state index contributed by atoms with van der Waals surface area (Å²) in [4.78, 5) is 24.7. The fraction of sp³-hybridized carbons (Fsp3) is 0.412. The molecule has 0 aromatic carbocycles. The number of hydrogen-bond donors (Lipinski definition) is 0. The van der Waals surface area contributed by atoms with Crippen molar-refractivity contribution in [2.75, 3.05) is 14.2 Å². The van der Waals surface area contributed by atoms with Crippen LogP contribution >= 0.6 is 0 Å². The number of Topliss-reactive ketones (excluding diaryl/α,β-unsaturated/α-hetero) is 1. The van der Waals surface area contributed by atoms with Gasteiger partial charge in [0.1, 0.15) is 5.41 Å². The predicted octanol–water partition coefficient (Wildman–Crippen LogP) is 2.89. The lowest BCUT2D eigenvalue weighted by molar-refractivity contribution is -0.147. The fourth-order valence-electron chi connectivity index (χ4n) is 2.46. The van der Waals surface area contributed by atoms with Gasteiger partial charge in [0.05, 0.1) is 19.7 Å². The number of aromatic nitrogens is 1. The molecule has 0 aliphatic heterocycles. The maximum absolute atomic E-state index is 12.8. The van der Waals surface area contributed by atoms with Crippen molar-refractivity contribution in [2.24, 2.45) is 5.41 Å². The van der Waals surface area contributed by atoms with Crippen LogP contribution in [0.3, 0.4) is 0 Å². The van der Waals surface area contributed by atoms with Gasteiger partial charge in [-0.25, -0.2) is 0 Å². The Labute approximate surface area is 129 Å². The van der Waals surface area contributed by atoms with Crippen LogP contribution in [0.2, 0.25) is 0 Å². The summed E-state index contributed by atoms with van der Waals surface area (Å²) in [7, 11) is 2.87. The van der Waals surface area contributed by atoms with E-state index in [-0.39, 0.29) is 5.78 Å². The molecule has 0 aliphatic rings. The van der Waals surface area contributed by atoms with E-state index in [2.05, 4.69) is 0 Å². The lowest BCUT2D eigenvalue weighted by Crippen LogP contribution is -2.34. The smallest absolute Gasteiger partial charge is 0.319 e. The van der Waals surface area contributed by atoms with Crippen LogP contribution in [-0.4, -0.2) is 30.4 Å². The highest BCUT2D eigenvalue weighted by Crippen LogP contribution is 2.29. The number of methoxy groups -OCH3 is 2. The van der Waals surface area contributed by atoms with Gasteiger partial charge in [-0.2, -0.15) is 0 Å². The molecule has 118 valence electrons. The number of rotatable bonds is 5. The van der Waals surface area contributed by atoms with Crippen molar-refractivity contribution in [1.29, 1.82) is 0 Å². The van der Waals surface area contributed by atoms with Gasteiger partial charge in [0, 0.05) is 11.8 Å². The molecule has 0 bridgehead atoms. The average Bonchev–Trinajstić information content (AvgIpc) is 2.96. The highest BCUT2D eigenvalue weighted by atomic mass is 16.5. The maximum atomic E-state index is 12.8. The summed E-state index contributed by atoms with van der Waals surface area (Å²) in [6, 6.07) is 5.37. The zero-order valence-corrected chi connectivity index (χ0v) is 13.6. The number of ether oxygens (including phenoxy) is 2. The van der Waals surface area contributed by atoms with Crippen LogP contribution in [0.5, 0.6) is 5.88 Å². The largest absolute Gasteiger partial charge is 0.482 e. The molecular formula is C17H21NO4. The highest BCUT2D eigenvalue weighted by Gasteiger charge is 2.38. The SMILES string of the molecule is CCc1cc2c(C(=O)C(C)(C)C(=O)OC)ccc(OC)n2c1. The van der Waals surface area contributed by atoms with Gasteiger partial charge in [-0.1, -0.05) is 6.92 Å². The van der Waals surface area contributed by atoms with E-state index >= 15 is 0 Å². The van der Waals surface area contributed by atoms with E-state index in [4.69, 9.17) is 9.47 Å². The number of ketones is 1. The summed E-state index contributed by atoms with van der Waals surface area (Å²) in [6.07, 6.45) is 2.79. The Morgan fingerprint density at radius 2 is 1.91 bits per heavy atom. The van der Waals surface area contributed by atoms with Crippen LogP contribution in [0.1, 0.15) is 36.7 Å². The van der Waals surface area contributed by atoms with Gasteiger partial charge < -0.3 is 9.47 Å². The Morgan fingerprint density at radius 3 is 2.45 bits per heavy atom. The molecule has 22 heavy (non-hydrogen) atoms. The summed E-state index contributed by atoms with van der Waals surface area (Å²) in [5, 5.41) is 0. The zero-order chi connectivity index (χ0) is 16.5. The van der Waals surface area contributed by atoms with E-state index in [0.717, 1.165) is 17.5 Å². The molecule has 2 heterocycles. The molecule has 2 aromatic rings. The Morgan fingerprint density at radius 1 is 1.23 bits per heavy atom. The fourth-order valence-corrected chi connectivity index (χ4v) is 2.46. The summed E-state index contributed by atoms with van der Waals surface area (Å²) in [6.45, 7) is 5.19. The molecule has 0 N–H and O–H groups in total. The van der Waals surface area contributed by atoms with Gasteiger partial charge in [0.2, 0.25) is 0 Å². The minimum absolute atomic E-state index is 0.271. The van der Waals surface area contributed by atoms with Crippen LogP contribution < -0.4 is 4.74 Å². The Hall–Kier alpha value is -2.30. The average molecular weight is 303 g/mol. The quantitative estimate of drug-likeness (QED) is 0.484. The first-order chi connectivity index (χ1) is 10.4. The molecule has 0 fully saturated rings. The molecule has 0 radical (unpaired) electrons. The Balaban J connectivity index is 2.63. The van der Waals surface area contributed by atoms with E-state index in [1.54, 1.807) is 33.1 Å². The van der Waals surface area contributed by atoms with Crippen molar-refractivity contribution in [1.82, 2.24) is 4.40 Å². The number of carbonyl (C=O) groups excluding carboxylic acids is 2. The van der Waals surface area contributed by atoms with Gasteiger partial charge in [-0.15, -0.1) is 0 Å². The number of hydrogen-bond acceptors (Lipinski definition) is 4. The number of fused-ring (bicyclic) bond motifs is 1. The van der Waals surface area contributed by atoms with Gasteiger partial charge in [-0.3, -0.25) is 14.0 Å². The molecule has 0 spiro atoms. The van der Waals surface area contributed by atoms with Crippen LogP contribution in [-0.2, 0) is 16.0 Å². The van der Waals surface area contributed by atoms with E-state index in [0.29, 0.717) is 11.4 Å². The van der Waals surface area contributed by atoms with Crippen molar-refractivity contribution in [3.8, 4) is 5.88 Å². The topological polar surface area (TPSA) is 57.0 Å². The van der Waals surface area contributed by atoms with Gasteiger partial charge in [0.15, 0.2) is 11.7 Å². The second-order valence-corrected chi connectivity index (χ2v) is 5.69. The van der Waals surface area contributed by atoms with E-state index < -0.39 is 11.4 Å². The number of nitrogens with zero attached hydrogens (tertiary/aromatic N) is 1. The molecule has 2 aromatic heterocycles. The number of esters is 1. The second-order valence-electron chi connectivity index (χ2n) is 5.69. The van der Waals surface area contributed by atoms with Crippen molar-refractivity contribution in [3.05, 3.63) is 35.5 Å². The molecule has 5 nitrogen and oxygen atoms in total. The Kier molecular flexibility index (Phi) is 4.26. The second kappa shape index (κ2) is 5.83. The summed E-state index contributed by atoms with van der Waals surface area (Å²) in [5.74, 6) is -0.177. The number of aryl methyl sites for hydroxylation is 1.